The van der Waals surface area contributed by atoms with Gasteiger partial charge in [0.05, 0.1) is 22.3 Å². The van der Waals surface area contributed by atoms with Crippen LogP contribution >= 0.6 is 0 Å². The van der Waals surface area contributed by atoms with E-state index in [9.17, 15) is 13.2 Å². The number of carbonyl (C=O) groups excluding carboxylic acids is 1. The highest BCUT2D eigenvalue weighted by atomic mass is 32.2. The van der Waals surface area contributed by atoms with Gasteiger partial charge in [0.2, 0.25) is 5.91 Å². The predicted octanol–water partition coefficient (Wildman–Crippen LogP) is 2.88. The minimum absolute atomic E-state index is 0.0636. The summed E-state index contributed by atoms with van der Waals surface area (Å²) < 4.78 is 31.2. The number of hydrogen-bond donors (Lipinski definition) is 1. The first-order chi connectivity index (χ1) is 14.4. The fourth-order valence-electron chi connectivity index (χ4n) is 3.47. The number of sulfonamides is 1. The number of nitrogens with zero attached hydrogens (tertiary/aromatic N) is 4. The van der Waals surface area contributed by atoms with Crippen molar-refractivity contribution in [3.05, 3.63) is 54.9 Å². The molecule has 1 aliphatic heterocycles. The third-order valence-corrected chi connectivity index (χ3v) is 6.38. The van der Waals surface area contributed by atoms with Gasteiger partial charge in [0.25, 0.3) is 10.0 Å². The first kappa shape index (κ1) is 20.1. The lowest BCUT2D eigenvalue weighted by atomic mass is 10.3. The van der Waals surface area contributed by atoms with E-state index < -0.39 is 10.0 Å². The minimum atomic E-state index is -3.82. The molecule has 0 aliphatic carbocycles. The van der Waals surface area contributed by atoms with Crippen LogP contribution in [0.25, 0.3) is 11.0 Å². The zero-order chi connectivity index (χ0) is 21.1. The van der Waals surface area contributed by atoms with E-state index in [1.807, 2.05) is 40.8 Å². The van der Waals surface area contributed by atoms with Gasteiger partial charge in [0.1, 0.15) is 5.84 Å². The summed E-state index contributed by atoms with van der Waals surface area (Å²) >= 11 is 0. The standard InChI is InChI=1S/C21H23N5O3S/c1-25-12-5-10-20(25)24-30(28,29)17-7-4-6-16(14-17)23-21(27)11-13-26-15-22-18-8-2-3-9-19(18)26/h2-4,6-9,14-15H,5,10-13H2,1H3,(H,23,27). The van der Waals surface area contributed by atoms with Crippen molar-refractivity contribution >= 4 is 38.5 Å². The molecular formula is C21H23N5O3S. The number of aromatic nitrogens is 2. The van der Waals surface area contributed by atoms with Crippen molar-refractivity contribution in [2.24, 2.45) is 4.40 Å². The molecule has 1 N–H and O–H groups in total. The Morgan fingerprint density at radius 3 is 2.83 bits per heavy atom. The van der Waals surface area contributed by atoms with Crippen LogP contribution in [-0.2, 0) is 21.4 Å². The maximum Gasteiger partial charge on any atom is 0.284 e. The van der Waals surface area contributed by atoms with E-state index in [1.165, 1.54) is 12.1 Å². The number of amides is 1. The van der Waals surface area contributed by atoms with Gasteiger partial charge in [-0.1, -0.05) is 18.2 Å². The molecule has 4 rings (SSSR count). The lowest BCUT2D eigenvalue weighted by Crippen LogP contribution is -2.20. The molecule has 1 fully saturated rings. The number of hydrogen-bond acceptors (Lipinski definition) is 4. The molecule has 0 unspecified atom stereocenters. The van der Waals surface area contributed by atoms with Crippen molar-refractivity contribution in [2.45, 2.75) is 30.7 Å². The summed E-state index contributed by atoms with van der Waals surface area (Å²) in [6.45, 7) is 1.28. The van der Waals surface area contributed by atoms with E-state index in [4.69, 9.17) is 0 Å². The number of likely N-dealkylation sites (tertiary alicyclic amines) is 1. The number of amidine groups is 1. The molecule has 30 heavy (non-hydrogen) atoms. The van der Waals surface area contributed by atoms with Crippen molar-refractivity contribution in [1.82, 2.24) is 14.5 Å². The second-order valence-corrected chi connectivity index (χ2v) is 8.86. The Morgan fingerprint density at radius 1 is 1.20 bits per heavy atom. The van der Waals surface area contributed by atoms with Gasteiger partial charge < -0.3 is 14.8 Å². The maximum atomic E-state index is 12.6. The number of para-hydroxylation sites is 2. The molecule has 0 saturated carbocycles. The molecular weight excluding hydrogens is 402 g/mol. The number of fused-ring (bicyclic) bond motifs is 1. The third-order valence-electron chi connectivity index (χ3n) is 5.08. The van der Waals surface area contributed by atoms with Crippen molar-refractivity contribution in [3.63, 3.8) is 0 Å². The highest BCUT2D eigenvalue weighted by molar-refractivity contribution is 7.90. The molecule has 0 atom stereocenters. The van der Waals surface area contributed by atoms with Crippen LogP contribution in [0.5, 0.6) is 0 Å². The highest BCUT2D eigenvalue weighted by Gasteiger charge is 2.20. The van der Waals surface area contributed by atoms with Crippen molar-refractivity contribution in [3.8, 4) is 0 Å². The van der Waals surface area contributed by atoms with Gasteiger partial charge >= 0.3 is 0 Å². The molecule has 156 valence electrons. The summed E-state index contributed by atoms with van der Waals surface area (Å²) in [4.78, 5) is 18.6. The molecule has 1 aromatic heterocycles. The Labute approximate surface area is 175 Å². The number of carbonyl (C=O) groups is 1. The number of imidazole rings is 1. The van der Waals surface area contributed by atoms with E-state index in [1.54, 1.807) is 18.5 Å². The summed E-state index contributed by atoms with van der Waals surface area (Å²) in [7, 11) is -1.99. The number of rotatable bonds is 6. The first-order valence-corrected chi connectivity index (χ1v) is 11.2. The monoisotopic (exact) mass is 425 g/mol. The normalized spacial score (nSPS) is 15.8. The molecule has 2 heterocycles. The summed E-state index contributed by atoms with van der Waals surface area (Å²) in [6, 6.07) is 13.9. The molecule has 2 aromatic carbocycles. The Balaban J connectivity index is 1.43. The van der Waals surface area contributed by atoms with Gasteiger partial charge in [-0.2, -0.15) is 8.42 Å². The van der Waals surface area contributed by atoms with Crippen LogP contribution in [-0.4, -0.2) is 48.2 Å². The Morgan fingerprint density at radius 2 is 2.03 bits per heavy atom. The minimum Gasteiger partial charge on any atom is -0.362 e. The van der Waals surface area contributed by atoms with Crippen LogP contribution in [0.1, 0.15) is 19.3 Å². The molecule has 1 saturated heterocycles. The van der Waals surface area contributed by atoms with Gasteiger partial charge in [0, 0.05) is 38.7 Å². The van der Waals surface area contributed by atoms with E-state index >= 15 is 0 Å². The topological polar surface area (TPSA) is 96.7 Å². The van der Waals surface area contributed by atoms with Gasteiger partial charge in [-0.25, -0.2) is 4.98 Å². The smallest absolute Gasteiger partial charge is 0.284 e. The van der Waals surface area contributed by atoms with Crippen molar-refractivity contribution < 1.29 is 13.2 Å². The van der Waals surface area contributed by atoms with Crippen LogP contribution in [0.4, 0.5) is 5.69 Å². The van der Waals surface area contributed by atoms with Crippen molar-refractivity contribution in [2.75, 3.05) is 18.9 Å². The lowest BCUT2D eigenvalue weighted by molar-refractivity contribution is -0.116. The lowest BCUT2D eigenvalue weighted by Gasteiger charge is -2.11. The SMILES string of the molecule is CN1CCCC1=NS(=O)(=O)c1cccc(NC(=O)CCn2cnc3ccccc32)c1. The van der Waals surface area contributed by atoms with E-state index in [0.717, 1.165) is 24.0 Å². The fraction of sp³-hybridized carbons (Fsp3) is 0.286. The van der Waals surface area contributed by atoms with Gasteiger partial charge in [-0.3, -0.25) is 4.79 Å². The Kier molecular flexibility index (Phi) is 5.54. The van der Waals surface area contributed by atoms with Gasteiger partial charge in [0.15, 0.2) is 0 Å². The summed E-state index contributed by atoms with van der Waals surface area (Å²) in [5.74, 6) is 0.362. The number of benzene rings is 2. The molecule has 3 aromatic rings. The van der Waals surface area contributed by atoms with Crippen LogP contribution < -0.4 is 5.32 Å². The predicted molar refractivity (Wildman–Crippen MR) is 116 cm³/mol. The highest BCUT2D eigenvalue weighted by Crippen LogP contribution is 2.20. The summed E-state index contributed by atoms with van der Waals surface area (Å²) in [5, 5.41) is 2.77. The fourth-order valence-corrected chi connectivity index (χ4v) is 4.61. The van der Waals surface area contributed by atoms with E-state index in [2.05, 4.69) is 14.7 Å². The molecule has 1 amide bonds. The Hall–Kier alpha value is -3.20. The van der Waals surface area contributed by atoms with E-state index in [-0.39, 0.29) is 17.2 Å². The number of anilines is 1. The largest absolute Gasteiger partial charge is 0.362 e. The maximum absolute atomic E-state index is 12.6. The van der Waals surface area contributed by atoms with Gasteiger partial charge in [-0.05, 0) is 36.8 Å². The average Bonchev–Trinajstić information content (AvgIpc) is 3.32. The van der Waals surface area contributed by atoms with Crippen LogP contribution in [0.15, 0.2) is 64.2 Å². The molecule has 0 bridgehead atoms. The average molecular weight is 426 g/mol. The van der Waals surface area contributed by atoms with Crippen LogP contribution in [0.2, 0.25) is 0 Å². The zero-order valence-electron chi connectivity index (χ0n) is 16.7. The second-order valence-electron chi connectivity index (χ2n) is 7.26. The zero-order valence-corrected chi connectivity index (χ0v) is 17.5. The van der Waals surface area contributed by atoms with Gasteiger partial charge in [-0.15, -0.1) is 4.40 Å². The Bertz CT molecular complexity index is 1220. The third kappa shape index (κ3) is 4.35. The van der Waals surface area contributed by atoms with Crippen molar-refractivity contribution in [1.29, 1.82) is 0 Å². The molecule has 0 radical (unpaired) electrons. The molecule has 1 aliphatic rings. The van der Waals surface area contributed by atoms with Crippen LogP contribution in [0.3, 0.4) is 0 Å². The quantitative estimate of drug-likeness (QED) is 0.655. The summed E-state index contributed by atoms with van der Waals surface area (Å²) in [6.07, 6.45) is 3.50. The summed E-state index contributed by atoms with van der Waals surface area (Å²) in [5.41, 5.74) is 2.27. The first-order valence-electron chi connectivity index (χ1n) is 9.77. The second kappa shape index (κ2) is 8.27. The van der Waals surface area contributed by atoms with Crippen LogP contribution in [0, 0.1) is 0 Å². The molecule has 9 heteroatoms. The number of nitrogens with one attached hydrogen (secondary N) is 1. The number of aryl methyl sites for hydroxylation is 1. The molecule has 0 spiro atoms. The molecule has 8 nitrogen and oxygen atoms in total. The van der Waals surface area contributed by atoms with E-state index in [0.29, 0.717) is 24.5 Å².